The van der Waals surface area contributed by atoms with Crippen LogP contribution >= 0.6 is 0 Å². The molecule has 0 radical (unpaired) electrons. The summed E-state index contributed by atoms with van der Waals surface area (Å²) in [5.74, 6) is 0.776. The second-order valence-corrected chi connectivity index (χ2v) is 4.85. The maximum absolute atomic E-state index is 4.56. The van der Waals surface area contributed by atoms with E-state index in [1.807, 2.05) is 0 Å². The lowest BCUT2D eigenvalue weighted by Gasteiger charge is -2.19. The second-order valence-electron chi connectivity index (χ2n) is 4.85. The van der Waals surface area contributed by atoms with E-state index in [4.69, 9.17) is 0 Å². The predicted molar refractivity (Wildman–Crippen MR) is 54.8 cm³/mol. The van der Waals surface area contributed by atoms with Crippen LogP contribution in [-0.4, -0.2) is 11.8 Å². The topological polar surface area (TPSA) is 12.4 Å². The molecule has 0 unspecified atom stereocenters. The summed E-state index contributed by atoms with van der Waals surface area (Å²) in [4.78, 5) is 4.56. The van der Waals surface area contributed by atoms with Crippen LogP contribution in [0.4, 0.5) is 0 Å². The monoisotopic (exact) mass is 167 g/mol. The first-order valence-corrected chi connectivity index (χ1v) is 5.13. The lowest BCUT2D eigenvalue weighted by Crippen LogP contribution is -2.14. The molecule has 1 fully saturated rings. The van der Waals surface area contributed by atoms with Gasteiger partial charge in [0.25, 0.3) is 0 Å². The molecular weight excluding hydrogens is 146 g/mol. The Morgan fingerprint density at radius 3 is 2.17 bits per heavy atom. The van der Waals surface area contributed by atoms with Crippen LogP contribution in [0, 0.1) is 5.92 Å². The summed E-state index contributed by atoms with van der Waals surface area (Å²) in [6.07, 6.45) is 9.15. The zero-order chi connectivity index (χ0) is 9.03. The highest BCUT2D eigenvalue weighted by Crippen LogP contribution is 2.22. The van der Waals surface area contributed by atoms with Gasteiger partial charge in [-0.15, -0.1) is 0 Å². The second kappa shape index (κ2) is 4.06. The molecule has 1 saturated carbocycles. The Morgan fingerprint density at radius 1 is 1.08 bits per heavy atom. The Bertz CT molecular complexity index is 147. The SMILES string of the molecule is CC(C)(C)N=CC1CCCCC1. The highest BCUT2D eigenvalue weighted by Gasteiger charge is 2.12. The summed E-state index contributed by atoms with van der Waals surface area (Å²) < 4.78 is 0. The maximum Gasteiger partial charge on any atom is 0.0520 e. The smallest absolute Gasteiger partial charge is 0.0520 e. The molecule has 0 atom stereocenters. The largest absolute Gasteiger partial charge is 0.291 e. The molecule has 70 valence electrons. The minimum absolute atomic E-state index is 0.122. The molecule has 1 aliphatic rings. The third-order valence-electron chi connectivity index (χ3n) is 2.32. The molecule has 0 bridgehead atoms. The van der Waals surface area contributed by atoms with E-state index >= 15 is 0 Å². The molecule has 0 aliphatic heterocycles. The Morgan fingerprint density at radius 2 is 1.67 bits per heavy atom. The Hall–Kier alpha value is -0.330. The molecule has 1 nitrogen and oxygen atoms in total. The van der Waals surface area contributed by atoms with Crippen molar-refractivity contribution in [2.24, 2.45) is 10.9 Å². The normalized spacial score (nSPS) is 21.9. The van der Waals surface area contributed by atoms with Gasteiger partial charge in [0.05, 0.1) is 5.54 Å². The summed E-state index contributed by atoms with van der Waals surface area (Å²) in [6, 6.07) is 0. The van der Waals surface area contributed by atoms with Crippen LogP contribution in [0.1, 0.15) is 52.9 Å². The molecule has 1 heteroatoms. The van der Waals surface area contributed by atoms with Gasteiger partial charge in [-0.05, 0) is 39.5 Å². The van der Waals surface area contributed by atoms with Gasteiger partial charge in [0, 0.05) is 6.21 Å². The molecule has 12 heavy (non-hydrogen) atoms. The first-order valence-electron chi connectivity index (χ1n) is 5.13. The molecule has 0 aromatic heterocycles. The number of rotatable bonds is 1. The van der Waals surface area contributed by atoms with Gasteiger partial charge in [-0.25, -0.2) is 0 Å². The van der Waals surface area contributed by atoms with Crippen molar-refractivity contribution < 1.29 is 0 Å². The van der Waals surface area contributed by atoms with E-state index in [0.29, 0.717) is 0 Å². The van der Waals surface area contributed by atoms with Crippen molar-refractivity contribution in [3.05, 3.63) is 0 Å². The van der Waals surface area contributed by atoms with Crippen molar-refractivity contribution in [3.63, 3.8) is 0 Å². The zero-order valence-electron chi connectivity index (χ0n) is 8.64. The fourth-order valence-electron chi connectivity index (χ4n) is 1.61. The average Bonchev–Trinajstić information content (AvgIpc) is 2.02. The molecule has 1 rings (SSSR count). The molecule has 0 heterocycles. The number of hydrogen-bond acceptors (Lipinski definition) is 1. The summed E-state index contributed by atoms with van der Waals surface area (Å²) in [7, 11) is 0. The van der Waals surface area contributed by atoms with Crippen molar-refractivity contribution in [3.8, 4) is 0 Å². The van der Waals surface area contributed by atoms with Gasteiger partial charge in [0.1, 0.15) is 0 Å². The van der Waals surface area contributed by atoms with E-state index in [-0.39, 0.29) is 5.54 Å². The summed E-state index contributed by atoms with van der Waals surface area (Å²) in [6.45, 7) is 6.48. The van der Waals surface area contributed by atoms with E-state index in [9.17, 15) is 0 Å². The Kier molecular flexibility index (Phi) is 3.30. The third kappa shape index (κ3) is 3.89. The molecule has 0 amide bonds. The number of aliphatic imine (C=N–C) groups is 1. The Balaban J connectivity index is 2.33. The molecular formula is C11H21N. The highest BCUT2D eigenvalue weighted by molar-refractivity contribution is 5.61. The van der Waals surface area contributed by atoms with Crippen LogP contribution in [0.25, 0.3) is 0 Å². The predicted octanol–water partition coefficient (Wildman–Crippen LogP) is 3.44. The van der Waals surface area contributed by atoms with Crippen molar-refractivity contribution in [1.82, 2.24) is 0 Å². The van der Waals surface area contributed by atoms with Crippen LogP contribution in [0.2, 0.25) is 0 Å². The average molecular weight is 167 g/mol. The zero-order valence-corrected chi connectivity index (χ0v) is 8.64. The highest BCUT2D eigenvalue weighted by atomic mass is 14.8. The first kappa shape index (κ1) is 9.76. The van der Waals surface area contributed by atoms with Crippen LogP contribution in [0.3, 0.4) is 0 Å². The summed E-state index contributed by atoms with van der Waals surface area (Å²) in [5, 5.41) is 0. The van der Waals surface area contributed by atoms with Gasteiger partial charge >= 0.3 is 0 Å². The van der Waals surface area contributed by atoms with Crippen LogP contribution in [0.5, 0.6) is 0 Å². The maximum atomic E-state index is 4.56. The van der Waals surface area contributed by atoms with Gasteiger partial charge in [-0.1, -0.05) is 19.3 Å². The van der Waals surface area contributed by atoms with Gasteiger partial charge in [-0.2, -0.15) is 0 Å². The van der Waals surface area contributed by atoms with Crippen LogP contribution in [0.15, 0.2) is 4.99 Å². The van der Waals surface area contributed by atoms with Crippen LogP contribution in [-0.2, 0) is 0 Å². The lowest BCUT2D eigenvalue weighted by atomic mass is 9.90. The standard InChI is InChI=1S/C11H21N/c1-11(2,3)12-9-10-7-5-4-6-8-10/h9-10H,4-8H2,1-3H3. The van der Waals surface area contributed by atoms with E-state index in [1.165, 1.54) is 32.1 Å². The molecule has 0 N–H and O–H groups in total. The van der Waals surface area contributed by atoms with Gasteiger partial charge in [-0.3, -0.25) is 4.99 Å². The minimum Gasteiger partial charge on any atom is -0.291 e. The summed E-state index contributed by atoms with van der Waals surface area (Å²) >= 11 is 0. The molecule has 0 aromatic carbocycles. The van der Waals surface area contributed by atoms with Gasteiger partial charge < -0.3 is 0 Å². The van der Waals surface area contributed by atoms with Crippen LogP contribution < -0.4 is 0 Å². The summed E-state index contributed by atoms with van der Waals surface area (Å²) in [5.41, 5.74) is 0.122. The number of nitrogens with zero attached hydrogens (tertiary/aromatic N) is 1. The third-order valence-corrected chi connectivity index (χ3v) is 2.32. The number of hydrogen-bond donors (Lipinski definition) is 0. The van der Waals surface area contributed by atoms with Crippen molar-refractivity contribution >= 4 is 6.21 Å². The molecule has 0 saturated heterocycles. The Labute approximate surface area is 76.3 Å². The molecule has 0 aromatic rings. The molecule has 1 aliphatic carbocycles. The van der Waals surface area contributed by atoms with Crippen molar-refractivity contribution in [2.75, 3.05) is 0 Å². The van der Waals surface area contributed by atoms with Crippen molar-refractivity contribution in [1.29, 1.82) is 0 Å². The quantitative estimate of drug-likeness (QED) is 0.530. The van der Waals surface area contributed by atoms with E-state index in [2.05, 4.69) is 32.0 Å². The van der Waals surface area contributed by atoms with E-state index in [0.717, 1.165) is 5.92 Å². The molecule has 0 spiro atoms. The first-order chi connectivity index (χ1) is 5.58. The van der Waals surface area contributed by atoms with E-state index < -0.39 is 0 Å². The minimum atomic E-state index is 0.122. The van der Waals surface area contributed by atoms with Gasteiger partial charge in [0.15, 0.2) is 0 Å². The fraction of sp³-hybridized carbons (Fsp3) is 0.909. The fourth-order valence-corrected chi connectivity index (χ4v) is 1.61. The lowest BCUT2D eigenvalue weighted by molar-refractivity contribution is 0.441. The van der Waals surface area contributed by atoms with Crippen molar-refractivity contribution in [2.45, 2.75) is 58.4 Å². The van der Waals surface area contributed by atoms with E-state index in [1.54, 1.807) is 0 Å². The van der Waals surface area contributed by atoms with Gasteiger partial charge in [0.2, 0.25) is 0 Å².